The molecule has 1 fully saturated rings. The Bertz CT molecular complexity index is 397. The van der Waals surface area contributed by atoms with Crippen LogP contribution in [0.2, 0.25) is 0 Å². The summed E-state index contributed by atoms with van der Waals surface area (Å²) in [5.41, 5.74) is 6.46. The molecule has 1 heterocycles. The van der Waals surface area contributed by atoms with Crippen molar-refractivity contribution in [1.29, 1.82) is 0 Å². The van der Waals surface area contributed by atoms with E-state index in [1.54, 1.807) is 5.57 Å². The van der Waals surface area contributed by atoms with Gasteiger partial charge in [0.05, 0.1) is 0 Å². The Hall–Kier alpha value is -0.790. The van der Waals surface area contributed by atoms with Crippen molar-refractivity contribution in [1.82, 2.24) is 5.43 Å². The van der Waals surface area contributed by atoms with Crippen LogP contribution in [0.4, 0.5) is 0 Å². The van der Waals surface area contributed by atoms with Gasteiger partial charge in [-0.15, -0.1) is 0 Å². The molecule has 0 bridgehead atoms. The van der Waals surface area contributed by atoms with Gasteiger partial charge in [0, 0.05) is 17.8 Å². The molecule has 0 aromatic rings. The van der Waals surface area contributed by atoms with E-state index in [4.69, 9.17) is 0 Å². The summed E-state index contributed by atoms with van der Waals surface area (Å²) in [4.78, 5) is 0. The highest BCUT2D eigenvalue weighted by atomic mass is 15.3. The molecule has 1 aliphatic carbocycles. The van der Waals surface area contributed by atoms with Crippen LogP contribution < -0.4 is 5.43 Å². The normalized spacial score (nSPS) is 28.4. The molecule has 0 aromatic carbocycles. The van der Waals surface area contributed by atoms with Crippen LogP contribution in [-0.2, 0) is 0 Å². The summed E-state index contributed by atoms with van der Waals surface area (Å²) in [6, 6.07) is 0. The van der Waals surface area contributed by atoms with Crippen molar-refractivity contribution in [2.45, 2.75) is 85.5 Å². The lowest BCUT2D eigenvalue weighted by Gasteiger charge is -2.33. The average molecular weight is 305 g/mol. The van der Waals surface area contributed by atoms with Gasteiger partial charge >= 0.3 is 0 Å². The minimum Gasteiger partial charge on any atom is -0.283 e. The van der Waals surface area contributed by atoms with E-state index in [0.717, 1.165) is 11.8 Å². The Morgan fingerprint density at radius 1 is 1.23 bits per heavy atom. The average Bonchev–Trinajstić information content (AvgIpc) is 2.52. The van der Waals surface area contributed by atoms with Gasteiger partial charge in [0.2, 0.25) is 0 Å². The lowest BCUT2D eigenvalue weighted by atomic mass is 9.75. The summed E-state index contributed by atoms with van der Waals surface area (Å²) in [7, 11) is 0. The van der Waals surface area contributed by atoms with Gasteiger partial charge in [-0.05, 0) is 49.0 Å². The summed E-state index contributed by atoms with van der Waals surface area (Å²) < 4.78 is 0. The summed E-state index contributed by atoms with van der Waals surface area (Å²) in [6.45, 7) is 9.43. The van der Waals surface area contributed by atoms with Gasteiger partial charge in [-0.1, -0.05) is 59.8 Å². The molecule has 2 heteroatoms. The number of nitrogens with one attached hydrogen (secondary N) is 1. The van der Waals surface area contributed by atoms with Gasteiger partial charge in [0.15, 0.2) is 0 Å². The quantitative estimate of drug-likeness (QED) is 0.649. The minimum absolute atomic E-state index is 0.608. The van der Waals surface area contributed by atoms with Crippen molar-refractivity contribution in [3.8, 4) is 0 Å². The molecule has 0 saturated heterocycles. The predicted octanol–water partition coefficient (Wildman–Crippen LogP) is 5.90. The number of rotatable bonds is 6. The van der Waals surface area contributed by atoms with Crippen LogP contribution >= 0.6 is 0 Å². The van der Waals surface area contributed by atoms with E-state index < -0.39 is 0 Å². The highest BCUT2D eigenvalue weighted by Gasteiger charge is 2.27. The maximum Gasteiger partial charge on any atom is 0.0362 e. The number of unbranched alkanes of at least 4 members (excludes halogenated alkanes) is 1. The summed E-state index contributed by atoms with van der Waals surface area (Å²) in [6.07, 6.45) is 14.3. The van der Waals surface area contributed by atoms with Gasteiger partial charge in [-0.3, -0.25) is 5.43 Å². The van der Waals surface area contributed by atoms with Gasteiger partial charge < -0.3 is 0 Å². The van der Waals surface area contributed by atoms with E-state index in [0.29, 0.717) is 11.8 Å². The monoisotopic (exact) mass is 304 g/mol. The predicted molar refractivity (Wildman–Crippen MR) is 96.9 cm³/mol. The molecule has 0 spiro atoms. The zero-order valence-electron chi connectivity index (χ0n) is 15.2. The fourth-order valence-electron chi connectivity index (χ4n) is 4.17. The third-order valence-corrected chi connectivity index (χ3v) is 6.03. The zero-order chi connectivity index (χ0) is 15.9. The highest BCUT2D eigenvalue weighted by Crippen LogP contribution is 2.37. The van der Waals surface area contributed by atoms with Crippen molar-refractivity contribution >= 4 is 6.21 Å². The van der Waals surface area contributed by atoms with Crippen LogP contribution in [0.15, 0.2) is 16.4 Å². The molecule has 1 aliphatic heterocycles. The third kappa shape index (κ3) is 4.36. The van der Waals surface area contributed by atoms with Crippen LogP contribution in [0, 0.1) is 23.7 Å². The molecule has 4 atom stereocenters. The molecule has 1 saturated carbocycles. The second-order valence-electron chi connectivity index (χ2n) is 7.59. The fourth-order valence-corrected chi connectivity index (χ4v) is 4.17. The van der Waals surface area contributed by atoms with Crippen LogP contribution in [0.25, 0.3) is 0 Å². The Morgan fingerprint density at radius 3 is 2.77 bits per heavy atom. The van der Waals surface area contributed by atoms with Crippen molar-refractivity contribution < 1.29 is 0 Å². The van der Waals surface area contributed by atoms with Gasteiger partial charge in [0.1, 0.15) is 0 Å². The van der Waals surface area contributed by atoms with Crippen molar-refractivity contribution in [2.24, 2.45) is 28.8 Å². The summed E-state index contributed by atoms with van der Waals surface area (Å²) in [5, 5.41) is 4.45. The number of nitrogens with zero attached hydrogens (tertiary/aromatic N) is 1. The summed E-state index contributed by atoms with van der Waals surface area (Å²) >= 11 is 0. The Kier molecular flexibility index (Phi) is 6.98. The number of hydrazone groups is 1. The Balaban J connectivity index is 2.06. The molecule has 126 valence electrons. The summed E-state index contributed by atoms with van der Waals surface area (Å²) in [5.74, 6) is 3.05. The molecule has 22 heavy (non-hydrogen) atoms. The van der Waals surface area contributed by atoms with E-state index in [-0.39, 0.29) is 0 Å². The van der Waals surface area contributed by atoms with Crippen molar-refractivity contribution in [2.75, 3.05) is 0 Å². The van der Waals surface area contributed by atoms with Crippen LogP contribution in [0.3, 0.4) is 0 Å². The third-order valence-electron chi connectivity index (χ3n) is 6.03. The standard InChI is InChI=1S/C20H36N2/c1-5-7-9-16(4)17-10-8-11-18-14-21-22-20(15(3)6-2)19(18)13-12-17/h14-18,22H,5-13H2,1-4H3. The maximum atomic E-state index is 4.45. The molecule has 1 N–H and O–H groups in total. The second-order valence-corrected chi connectivity index (χ2v) is 7.59. The van der Waals surface area contributed by atoms with Crippen molar-refractivity contribution in [3.63, 3.8) is 0 Å². The van der Waals surface area contributed by atoms with Gasteiger partial charge in [-0.2, -0.15) is 5.10 Å². The van der Waals surface area contributed by atoms with Crippen LogP contribution in [-0.4, -0.2) is 6.21 Å². The van der Waals surface area contributed by atoms with Crippen LogP contribution in [0.1, 0.15) is 85.5 Å². The van der Waals surface area contributed by atoms with Gasteiger partial charge in [-0.25, -0.2) is 0 Å². The first-order chi connectivity index (χ1) is 10.7. The molecule has 2 aliphatic rings. The molecule has 4 unspecified atom stereocenters. The lowest BCUT2D eigenvalue weighted by Crippen LogP contribution is -2.27. The zero-order valence-corrected chi connectivity index (χ0v) is 15.2. The molecule has 0 amide bonds. The van der Waals surface area contributed by atoms with Crippen LogP contribution in [0.5, 0.6) is 0 Å². The fraction of sp³-hybridized carbons (Fsp3) is 0.850. The topological polar surface area (TPSA) is 24.4 Å². The molecule has 0 radical (unpaired) electrons. The number of fused-ring (bicyclic) bond motifs is 1. The van der Waals surface area contributed by atoms with E-state index in [1.165, 1.54) is 63.5 Å². The molecular formula is C20H36N2. The maximum absolute atomic E-state index is 4.45. The Labute approximate surface area is 137 Å². The van der Waals surface area contributed by atoms with Crippen molar-refractivity contribution in [3.05, 3.63) is 11.3 Å². The Morgan fingerprint density at radius 2 is 2.05 bits per heavy atom. The first kappa shape index (κ1) is 17.6. The SMILES string of the molecule is CCCCC(C)C1CCCC2C=NNC(C(C)CC)=C2CC1. The highest BCUT2D eigenvalue weighted by molar-refractivity contribution is 5.67. The number of hydrogen-bond donors (Lipinski definition) is 1. The molecule has 2 rings (SSSR count). The number of allylic oxidation sites excluding steroid dienone is 2. The van der Waals surface area contributed by atoms with E-state index in [1.807, 2.05) is 0 Å². The van der Waals surface area contributed by atoms with E-state index in [9.17, 15) is 0 Å². The smallest absolute Gasteiger partial charge is 0.0362 e. The first-order valence-corrected chi connectivity index (χ1v) is 9.69. The number of hydrogen-bond acceptors (Lipinski definition) is 2. The van der Waals surface area contributed by atoms with E-state index >= 15 is 0 Å². The van der Waals surface area contributed by atoms with E-state index in [2.05, 4.69) is 44.4 Å². The first-order valence-electron chi connectivity index (χ1n) is 9.69. The largest absolute Gasteiger partial charge is 0.283 e. The molecule has 2 nitrogen and oxygen atoms in total. The van der Waals surface area contributed by atoms with Gasteiger partial charge in [0.25, 0.3) is 0 Å². The second kappa shape index (κ2) is 8.74. The molecular weight excluding hydrogens is 268 g/mol. The molecule has 0 aromatic heterocycles. The lowest BCUT2D eigenvalue weighted by molar-refractivity contribution is 0.271. The minimum atomic E-state index is 0.608.